The molecule has 1 saturated heterocycles. The molecule has 0 aromatic carbocycles. The molecule has 1 aromatic rings. The minimum atomic E-state index is -0.623. The monoisotopic (exact) mass is 424 g/mol. The van der Waals surface area contributed by atoms with Gasteiger partial charge >= 0.3 is 6.03 Å². The molecule has 3 N–H and O–H groups in total. The highest BCUT2D eigenvalue weighted by Crippen LogP contribution is 2.22. The van der Waals surface area contributed by atoms with E-state index in [-0.39, 0.29) is 29.8 Å². The maximum atomic E-state index is 12.8. The summed E-state index contributed by atoms with van der Waals surface area (Å²) >= 11 is 1.34. The van der Waals surface area contributed by atoms with Gasteiger partial charge in [-0.15, -0.1) is 11.3 Å². The molecule has 0 aliphatic carbocycles. The molecular formula is C20H32N4O4S. The van der Waals surface area contributed by atoms with Crippen molar-refractivity contribution in [3.63, 3.8) is 0 Å². The molecule has 8 nitrogen and oxygen atoms in total. The molecule has 1 fully saturated rings. The van der Waals surface area contributed by atoms with Gasteiger partial charge in [-0.25, -0.2) is 4.79 Å². The number of thiophene rings is 1. The summed E-state index contributed by atoms with van der Waals surface area (Å²) in [6, 6.07) is 2.93. The molecule has 0 bridgehead atoms. The van der Waals surface area contributed by atoms with E-state index in [4.69, 9.17) is 4.74 Å². The van der Waals surface area contributed by atoms with Gasteiger partial charge in [0.15, 0.2) is 0 Å². The Hall–Kier alpha value is -2.13. The van der Waals surface area contributed by atoms with Crippen LogP contribution in [0, 0.1) is 5.92 Å². The van der Waals surface area contributed by atoms with Crippen molar-refractivity contribution in [2.24, 2.45) is 5.92 Å². The van der Waals surface area contributed by atoms with Crippen LogP contribution in [0.2, 0.25) is 0 Å². The van der Waals surface area contributed by atoms with E-state index in [0.717, 1.165) is 0 Å². The average Bonchev–Trinajstić information content (AvgIpc) is 3.24. The van der Waals surface area contributed by atoms with Crippen LogP contribution < -0.4 is 16.0 Å². The third-order valence-electron chi connectivity index (χ3n) is 4.85. The Bertz CT molecular complexity index is 657. The molecule has 0 saturated carbocycles. The van der Waals surface area contributed by atoms with Gasteiger partial charge in [-0.3, -0.25) is 9.59 Å². The maximum Gasteiger partial charge on any atom is 0.317 e. The molecule has 1 aliphatic rings. The Morgan fingerprint density at radius 3 is 2.55 bits per heavy atom. The van der Waals surface area contributed by atoms with Crippen LogP contribution in [-0.2, 0) is 9.53 Å². The second-order valence-corrected chi connectivity index (χ2v) is 8.44. The molecule has 2 heterocycles. The molecule has 29 heavy (non-hydrogen) atoms. The lowest BCUT2D eigenvalue weighted by molar-refractivity contribution is -0.124. The standard InChI is InChI=1S/C20H32N4O4S/c1-14(2)22-20(27)24-10-7-15(8-11-24)17(19(26)21-9-5-12-28-3)23-18(25)16-6-4-13-29-16/h4,6,13-15,17H,5,7-12H2,1-3H3,(H,21,26)(H,22,27)(H,23,25). The topological polar surface area (TPSA) is 99.8 Å². The maximum absolute atomic E-state index is 12.8. The van der Waals surface area contributed by atoms with Crippen LogP contribution in [0.5, 0.6) is 0 Å². The normalized spacial score (nSPS) is 15.8. The van der Waals surface area contributed by atoms with E-state index in [1.165, 1.54) is 11.3 Å². The zero-order chi connectivity index (χ0) is 21.2. The van der Waals surface area contributed by atoms with Gasteiger partial charge in [0.2, 0.25) is 5.91 Å². The highest BCUT2D eigenvalue weighted by Gasteiger charge is 2.34. The number of carbonyl (C=O) groups excluding carboxylic acids is 3. The second-order valence-electron chi connectivity index (χ2n) is 7.49. The summed E-state index contributed by atoms with van der Waals surface area (Å²) in [6.07, 6.45) is 2.03. The Morgan fingerprint density at radius 1 is 1.24 bits per heavy atom. The average molecular weight is 425 g/mol. The number of methoxy groups -OCH3 is 1. The Balaban J connectivity index is 1.98. The molecular weight excluding hydrogens is 392 g/mol. The van der Waals surface area contributed by atoms with E-state index in [1.807, 2.05) is 25.3 Å². The van der Waals surface area contributed by atoms with Crippen LogP contribution >= 0.6 is 11.3 Å². The quantitative estimate of drug-likeness (QED) is 0.527. The highest BCUT2D eigenvalue weighted by atomic mass is 32.1. The van der Waals surface area contributed by atoms with Crippen LogP contribution in [-0.4, -0.2) is 68.2 Å². The van der Waals surface area contributed by atoms with Crippen molar-refractivity contribution in [2.45, 2.75) is 45.2 Å². The summed E-state index contributed by atoms with van der Waals surface area (Å²) in [5.74, 6) is -0.447. The fourth-order valence-corrected chi connectivity index (χ4v) is 3.96. The van der Waals surface area contributed by atoms with Crippen molar-refractivity contribution >= 4 is 29.2 Å². The number of ether oxygens (including phenoxy) is 1. The third-order valence-corrected chi connectivity index (χ3v) is 5.72. The van der Waals surface area contributed by atoms with E-state index in [0.29, 0.717) is 50.4 Å². The van der Waals surface area contributed by atoms with E-state index in [9.17, 15) is 14.4 Å². The Kier molecular flexibility index (Phi) is 9.40. The lowest BCUT2D eigenvalue weighted by Crippen LogP contribution is -2.55. The first-order valence-corrected chi connectivity index (χ1v) is 11.0. The molecule has 1 aromatic heterocycles. The molecule has 1 unspecified atom stereocenters. The zero-order valence-corrected chi connectivity index (χ0v) is 18.2. The molecule has 9 heteroatoms. The largest absolute Gasteiger partial charge is 0.385 e. The Morgan fingerprint density at radius 2 is 1.97 bits per heavy atom. The molecule has 4 amide bonds. The van der Waals surface area contributed by atoms with Gasteiger partial charge < -0.3 is 25.6 Å². The third kappa shape index (κ3) is 7.32. The van der Waals surface area contributed by atoms with Crippen molar-refractivity contribution in [1.82, 2.24) is 20.9 Å². The summed E-state index contributed by atoms with van der Waals surface area (Å²) in [4.78, 5) is 39.9. The number of carbonyl (C=O) groups is 3. The number of nitrogens with zero attached hydrogens (tertiary/aromatic N) is 1. The number of nitrogens with one attached hydrogen (secondary N) is 3. The molecule has 1 aliphatic heterocycles. The SMILES string of the molecule is COCCCNC(=O)C(NC(=O)c1cccs1)C1CCN(C(=O)NC(C)C)CC1. The zero-order valence-electron chi connectivity index (χ0n) is 17.4. The summed E-state index contributed by atoms with van der Waals surface area (Å²) in [5, 5.41) is 10.5. The van der Waals surface area contributed by atoms with Crippen molar-refractivity contribution in [2.75, 3.05) is 33.4 Å². The fourth-order valence-electron chi connectivity index (χ4n) is 3.33. The minimum Gasteiger partial charge on any atom is -0.385 e. The summed E-state index contributed by atoms with van der Waals surface area (Å²) < 4.78 is 5.01. The molecule has 1 atom stereocenters. The lowest BCUT2D eigenvalue weighted by Gasteiger charge is -2.36. The number of likely N-dealkylation sites (tertiary alicyclic amines) is 1. The predicted octanol–water partition coefficient (Wildman–Crippen LogP) is 1.83. The van der Waals surface area contributed by atoms with Gasteiger partial charge in [-0.2, -0.15) is 0 Å². The first-order chi connectivity index (χ1) is 13.9. The highest BCUT2D eigenvalue weighted by molar-refractivity contribution is 7.12. The summed E-state index contributed by atoms with van der Waals surface area (Å²) in [7, 11) is 1.62. The van der Waals surface area contributed by atoms with Crippen LogP contribution in [0.15, 0.2) is 17.5 Å². The number of piperidine rings is 1. The van der Waals surface area contributed by atoms with Gasteiger partial charge in [0.05, 0.1) is 4.88 Å². The number of amides is 4. The molecule has 2 rings (SSSR count). The number of urea groups is 1. The number of hydrogen-bond acceptors (Lipinski definition) is 5. The molecule has 0 radical (unpaired) electrons. The van der Waals surface area contributed by atoms with Crippen LogP contribution in [0.1, 0.15) is 42.8 Å². The van der Waals surface area contributed by atoms with Crippen molar-refractivity contribution in [3.8, 4) is 0 Å². The number of rotatable bonds is 9. The molecule has 162 valence electrons. The van der Waals surface area contributed by atoms with Crippen molar-refractivity contribution in [3.05, 3.63) is 22.4 Å². The van der Waals surface area contributed by atoms with Crippen molar-refractivity contribution < 1.29 is 19.1 Å². The smallest absolute Gasteiger partial charge is 0.317 e. The van der Waals surface area contributed by atoms with Crippen LogP contribution in [0.25, 0.3) is 0 Å². The second kappa shape index (κ2) is 11.8. The van der Waals surface area contributed by atoms with E-state index in [2.05, 4.69) is 16.0 Å². The summed E-state index contributed by atoms with van der Waals surface area (Å²) in [6.45, 7) is 6.03. The van der Waals surface area contributed by atoms with Gasteiger partial charge in [-0.1, -0.05) is 6.07 Å². The van der Waals surface area contributed by atoms with E-state index in [1.54, 1.807) is 18.1 Å². The minimum absolute atomic E-state index is 0.0237. The predicted molar refractivity (Wildman–Crippen MR) is 113 cm³/mol. The lowest BCUT2D eigenvalue weighted by atomic mass is 9.88. The first-order valence-electron chi connectivity index (χ1n) is 10.1. The Labute approximate surface area is 176 Å². The first kappa shape index (κ1) is 23.2. The van der Waals surface area contributed by atoms with Gasteiger partial charge in [0.1, 0.15) is 6.04 Å². The van der Waals surface area contributed by atoms with E-state index < -0.39 is 6.04 Å². The fraction of sp³-hybridized carbons (Fsp3) is 0.650. The van der Waals surface area contributed by atoms with Crippen molar-refractivity contribution in [1.29, 1.82) is 0 Å². The van der Waals surface area contributed by atoms with Gasteiger partial charge in [-0.05, 0) is 50.5 Å². The van der Waals surface area contributed by atoms with Gasteiger partial charge in [0.25, 0.3) is 5.91 Å². The van der Waals surface area contributed by atoms with E-state index >= 15 is 0 Å². The van der Waals surface area contributed by atoms with Gasteiger partial charge in [0, 0.05) is 39.4 Å². The number of hydrogen-bond donors (Lipinski definition) is 3. The van der Waals surface area contributed by atoms with Crippen LogP contribution in [0.4, 0.5) is 4.79 Å². The molecule has 0 spiro atoms. The summed E-state index contributed by atoms with van der Waals surface area (Å²) in [5.41, 5.74) is 0. The van der Waals surface area contributed by atoms with Crippen LogP contribution in [0.3, 0.4) is 0 Å².